The minimum Gasteiger partial charge on any atom is -0.345 e. The van der Waals surface area contributed by atoms with Gasteiger partial charge in [0, 0.05) is 19.2 Å². The van der Waals surface area contributed by atoms with Crippen molar-refractivity contribution < 1.29 is 9.59 Å². The van der Waals surface area contributed by atoms with Crippen LogP contribution in [0.4, 0.5) is 0 Å². The van der Waals surface area contributed by atoms with E-state index >= 15 is 0 Å². The maximum absolute atomic E-state index is 12.8. The Hall–Kier alpha value is -3.41. The predicted molar refractivity (Wildman–Crippen MR) is 109 cm³/mol. The van der Waals surface area contributed by atoms with Gasteiger partial charge in [0.15, 0.2) is 0 Å². The molecule has 2 aromatic carbocycles. The molecular weight excluding hydrogens is 352 g/mol. The molecule has 0 bridgehead atoms. The van der Waals surface area contributed by atoms with Crippen LogP contribution in [0.2, 0.25) is 0 Å². The van der Waals surface area contributed by atoms with Gasteiger partial charge in [-0.05, 0) is 24.6 Å². The molecule has 0 saturated heterocycles. The third-order valence-corrected chi connectivity index (χ3v) is 4.51. The predicted octanol–water partition coefficient (Wildman–Crippen LogP) is 2.89. The summed E-state index contributed by atoms with van der Waals surface area (Å²) < 4.78 is 1.86. The lowest BCUT2D eigenvalue weighted by Gasteiger charge is -2.19. The number of nitrogens with zero attached hydrogens (tertiary/aromatic N) is 3. The summed E-state index contributed by atoms with van der Waals surface area (Å²) in [6.07, 6.45) is 0. The van der Waals surface area contributed by atoms with Crippen LogP contribution in [-0.2, 0) is 29.2 Å². The van der Waals surface area contributed by atoms with E-state index in [-0.39, 0.29) is 24.9 Å². The molecule has 6 heteroatoms. The van der Waals surface area contributed by atoms with Crippen molar-refractivity contribution in [1.82, 2.24) is 19.8 Å². The number of hydrogen-bond donors (Lipinski definition) is 1. The van der Waals surface area contributed by atoms with Crippen molar-refractivity contribution in [1.29, 1.82) is 0 Å². The van der Waals surface area contributed by atoms with Crippen LogP contribution >= 0.6 is 0 Å². The molecule has 0 aliphatic carbocycles. The topological polar surface area (TPSA) is 67.2 Å². The maximum Gasteiger partial charge on any atom is 0.246 e. The smallest absolute Gasteiger partial charge is 0.246 e. The lowest BCUT2D eigenvalue weighted by molar-refractivity contribution is -0.131. The number of imidazole rings is 1. The number of hydrogen-bond acceptors (Lipinski definition) is 3. The average Bonchev–Trinajstić information content (AvgIpc) is 3.04. The quantitative estimate of drug-likeness (QED) is 0.645. The number of para-hydroxylation sites is 2. The zero-order chi connectivity index (χ0) is 20.1. The zero-order valence-corrected chi connectivity index (χ0v) is 16.2. The van der Waals surface area contributed by atoms with Crippen molar-refractivity contribution in [2.24, 2.45) is 0 Å². The first-order valence-corrected chi connectivity index (χ1v) is 9.11. The highest BCUT2D eigenvalue weighted by Crippen LogP contribution is 2.17. The molecule has 2 amide bonds. The van der Waals surface area contributed by atoms with Crippen LogP contribution in [0.1, 0.15) is 18.3 Å². The molecule has 3 aromatic rings. The second-order valence-corrected chi connectivity index (χ2v) is 6.80. The van der Waals surface area contributed by atoms with Crippen LogP contribution in [0, 0.1) is 0 Å². The first-order valence-electron chi connectivity index (χ1n) is 9.11. The summed E-state index contributed by atoms with van der Waals surface area (Å²) in [5, 5.41) is 2.80. The molecular formula is C22H24N4O2. The normalized spacial score (nSPS) is 10.6. The Balaban J connectivity index is 1.80. The first kappa shape index (κ1) is 19.4. The van der Waals surface area contributed by atoms with Crippen molar-refractivity contribution in [3.63, 3.8) is 0 Å². The molecule has 6 nitrogen and oxygen atoms in total. The molecule has 0 fully saturated rings. The van der Waals surface area contributed by atoms with Gasteiger partial charge in [0.25, 0.3) is 0 Å². The largest absolute Gasteiger partial charge is 0.345 e. The van der Waals surface area contributed by atoms with Gasteiger partial charge in [0.1, 0.15) is 12.4 Å². The molecule has 0 unspecified atom stereocenters. The summed E-state index contributed by atoms with van der Waals surface area (Å²) in [4.78, 5) is 31.0. The highest BCUT2D eigenvalue weighted by atomic mass is 16.2. The summed E-state index contributed by atoms with van der Waals surface area (Å²) in [5.74, 6) is 0.378. The molecule has 1 heterocycles. The van der Waals surface area contributed by atoms with Crippen LogP contribution in [-0.4, -0.2) is 33.3 Å². The summed E-state index contributed by atoms with van der Waals surface area (Å²) in [5.41, 5.74) is 3.16. The lowest BCUT2D eigenvalue weighted by Crippen LogP contribution is -2.31. The Bertz CT molecular complexity index is 1010. The number of fused-ring (bicyclic) bond motifs is 1. The fourth-order valence-corrected chi connectivity index (χ4v) is 2.95. The molecule has 0 aliphatic heterocycles. The van der Waals surface area contributed by atoms with E-state index in [1.807, 2.05) is 59.2 Å². The first-order chi connectivity index (χ1) is 13.5. The Morgan fingerprint density at radius 2 is 1.79 bits per heavy atom. The molecule has 0 saturated carbocycles. The van der Waals surface area contributed by atoms with E-state index in [2.05, 4.69) is 16.9 Å². The number of carbonyl (C=O) groups excluding carboxylic acids is 2. The van der Waals surface area contributed by atoms with Gasteiger partial charge in [0.2, 0.25) is 11.8 Å². The van der Waals surface area contributed by atoms with Gasteiger partial charge in [-0.15, -0.1) is 0 Å². The van der Waals surface area contributed by atoms with Crippen LogP contribution < -0.4 is 5.32 Å². The number of likely N-dealkylation sites (N-methyl/N-ethyl adjacent to an activating group) is 1. The third kappa shape index (κ3) is 4.46. The number of nitrogens with one attached hydrogen (secondary N) is 1. The zero-order valence-electron chi connectivity index (χ0n) is 16.2. The van der Waals surface area contributed by atoms with Crippen molar-refractivity contribution in [2.75, 3.05) is 7.05 Å². The van der Waals surface area contributed by atoms with E-state index in [4.69, 9.17) is 0 Å². The van der Waals surface area contributed by atoms with E-state index in [9.17, 15) is 9.59 Å². The number of carbonyl (C=O) groups is 2. The summed E-state index contributed by atoms with van der Waals surface area (Å²) in [7, 11) is 1.79. The van der Waals surface area contributed by atoms with Gasteiger partial charge in [-0.3, -0.25) is 9.59 Å². The highest BCUT2D eigenvalue weighted by Gasteiger charge is 2.17. The number of benzene rings is 2. The molecule has 0 aliphatic rings. The molecule has 144 valence electrons. The number of amides is 2. The van der Waals surface area contributed by atoms with Crippen molar-refractivity contribution in [3.05, 3.63) is 78.1 Å². The van der Waals surface area contributed by atoms with Crippen molar-refractivity contribution >= 4 is 22.8 Å². The summed E-state index contributed by atoms with van der Waals surface area (Å²) in [6, 6.07) is 17.5. The monoisotopic (exact) mass is 376 g/mol. The Morgan fingerprint density at radius 1 is 1.11 bits per heavy atom. The minimum atomic E-state index is -0.230. The highest BCUT2D eigenvalue weighted by molar-refractivity contribution is 5.92. The average molecular weight is 376 g/mol. The fourth-order valence-electron chi connectivity index (χ4n) is 2.95. The minimum absolute atomic E-state index is 0.0283. The van der Waals surface area contributed by atoms with Gasteiger partial charge in [0.05, 0.1) is 17.6 Å². The molecule has 1 aromatic heterocycles. The second kappa shape index (κ2) is 8.52. The van der Waals surface area contributed by atoms with Crippen LogP contribution in [0.3, 0.4) is 0 Å². The van der Waals surface area contributed by atoms with Crippen molar-refractivity contribution in [2.45, 2.75) is 26.6 Å². The summed E-state index contributed by atoms with van der Waals surface area (Å²) >= 11 is 0. The lowest BCUT2D eigenvalue weighted by atomic mass is 10.2. The van der Waals surface area contributed by atoms with Gasteiger partial charge in [-0.25, -0.2) is 4.98 Å². The van der Waals surface area contributed by atoms with Crippen LogP contribution in [0.5, 0.6) is 0 Å². The summed E-state index contributed by atoms with van der Waals surface area (Å²) in [6.45, 7) is 6.22. The Morgan fingerprint density at radius 3 is 2.50 bits per heavy atom. The van der Waals surface area contributed by atoms with Crippen molar-refractivity contribution in [3.8, 4) is 0 Å². The van der Waals surface area contributed by atoms with Gasteiger partial charge < -0.3 is 14.8 Å². The molecule has 3 rings (SSSR count). The maximum atomic E-state index is 12.8. The molecule has 28 heavy (non-hydrogen) atoms. The molecule has 0 radical (unpaired) electrons. The number of rotatable bonds is 7. The van der Waals surface area contributed by atoms with Crippen LogP contribution in [0.25, 0.3) is 11.0 Å². The van der Waals surface area contributed by atoms with Gasteiger partial charge in [-0.1, -0.05) is 49.0 Å². The Kier molecular flexibility index (Phi) is 5.89. The molecule has 1 N–H and O–H groups in total. The molecule has 0 spiro atoms. The van der Waals surface area contributed by atoms with E-state index < -0.39 is 0 Å². The SMILES string of the molecule is C=C(C)C(=O)NCc1nc2ccccc2n1CC(=O)N(C)Cc1ccccc1. The van der Waals surface area contributed by atoms with Gasteiger partial charge in [-0.2, -0.15) is 0 Å². The van der Waals surface area contributed by atoms with Crippen LogP contribution in [0.15, 0.2) is 66.7 Å². The van der Waals surface area contributed by atoms with E-state index in [1.54, 1.807) is 18.9 Å². The van der Waals surface area contributed by atoms with E-state index in [1.165, 1.54) is 0 Å². The third-order valence-electron chi connectivity index (χ3n) is 4.51. The van der Waals surface area contributed by atoms with E-state index in [0.717, 1.165) is 16.6 Å². The number of aromatic nitrogens is 2. The second-order valence-electron chi connectivity index (χ2n) is 6.80. The molecule has 0 atom stereocenters. The van der Waals surface area contributed by atoms with E-state index in [0.29, 0.717) is 17.9 Å². The standard InChI is InChI=1S/C22H24N4O2/c1-16(2)22(28)23-13-20-24-18-11-7-8-12-19(18)26(20)15-21(27)25(3)14-17-9-5-4-6-10-17/h4-12H,1,13-15H2,2-3H3,(H,23,28). The Labute approximate surface area is 164 Å². The van der Waals surface area contributed by atoms with Gasteiger partial charge >= 0.3 is 0 Å². The fraction of sp³-hybridized carbons (Fsp3) is 0.227.